The van der Waals surface area contributed by atoms with Crippen LogP contribution < -0.4 is 10.6 Å². The van der Waals surface area contributed by atoms with E-state index in [0.29, 0.717) is 12.2 Å². The molecule has 0 aliphatic heterocycles. The molecule has 2 amide bonds. The van der Waals surface area contributed by atoms with Gasteiger partial charge in [-0.1, -0.05) is 25.0 Å². The summed E-state index contributed by atoms with van der Waals surface area (Å²) in [7, 11) is 0. The molecule has 0 heterocycles. The Morgan fingerprint density at radius 2 is 1.91 bits per heavy atom. The van der Waals surface area contributed by atoms with Gasteiger partial charge in [-0.2, -0.15) is 0 Å². The Labute approximate surface area is 131 Å². The number of carbonyl (C=O) groups is 2. The highest BCUT2D eigenvalue weighted by Gasteiger charge is 2.24. The van der Waals surface area contributed by atoms with Crippen LogP contribution in [0.25, 0.3) is 0 Å². The summed E-state index contributed by atoms with van der Waals surface area (Å²) < 4.78 is 0. The molecule has 5 nitrogen and oxygen atoms in total. The van der Waals surface area contributed by atoms with Crippen LogP contribution in [0.2, 0.25) is 0 Å². The largest absolute Gasteiger partial charge is 0.393 e. The molecule has 2 rings (SSSR count). The predicted molar refractivity (Wildman–Crippen MR) is 85.5 cm³/mol. The number of hydrogen-bond acceptors (Lipinski definition) is 3. The summed E-state index contributed by atoms with van der Waals surface area (Å²) in [5.41, 5.74) is 2.66. The van der Waals surface area contributed by atoms with Crippen LogP contribution in [0.4, 0.5) is 5.69 Å². The molecule has 1 aromatic carbocycles. The fourth-order valence-corrected chi connectivity index (χ4v) is 2.80. The van der Waals surface area contributed by atoms with E-state index < -0.39 is 11.8 Å². The van der Waals surface area contributed by atoms with E-state index in [0.717, 1.165) is 36.8 Å². The van der Waals surface area contributed by atoms with Gasteiger partial charge in [-0.05, 0) is 43.9 Å². The molecular formula is C17H24N2O3. The van der Waals surface area contributed by atoms with E-state index >= 15 is 0 Å². The summed E-state index contributed by atoms with van der Waals surface area (Å²) in [5.74, 6) is -1.27. The van der Waals surface area contributed by atoms with Gasteiger partial charge < -0.3 is 15.7 Å². The number of anilines is 1. The molecule has 1 aliphatic carbocycles. The minimum absolute atomic E-state index is 0.0474. The maximum absolute atomic E-state index is 11.9. The second-order valence-corrected chi connectivity index (χ2v) is 6.02. The highest BCUT2D eigenvalue weighted by molar-refractivity contribution is 6.39. The minimum atomic E-state index is -0.668. The van der Waals surface area contributed by atoms with E-state index in [1.807, 2.05) is 26.0 Å². The van der Waals surface area contributed by atoms with Gasteiger partial charge in [-0.3, -0.25) is 9.59 Å². The topological polar surface area (TPSA) is 78.4 Å². The first-order valence-corrected chi connectivity index (χ1v) is 7.82. The van der Waals surface area contributed by atoms with Gasteiger partial charge in [0.05, 0.1) is 6.10 Å². The Hall–Kier alpha value is -1.88. The van der Waals surface area contributed by atoms with Crippen molar-refractivity contribution < 1.29 is 14.7 Å². The first kappa shape index (κ1) is 16.5. The third-order valence-electron chi connectivity index (χ3n) is 4.45. The van der Waals surface area contributed by atoms with Crippen molar-refractivity contribution in [3.63, 3.8) is 0 Å². The standard InChI is InChI=1S/C17H24N2O3/c1-11-6-5-8-14(12(11)2)19-17(22)16(21)18-10-13-7-3-4-9-15(13)20/h5-6,8,13,15,20H,3-4,7,9-10H2,1-2H3,(H,18,21)(H,19,22)/t13-,15+/m0/s1. The van der Waals surface area contributed by atoms with Gasteiger partial charge >= 0.3 is 11.8 Å². The van der Waals surface area contributed by atoms with Crippen molar-refractivity contribution in [2.24, 2.45) is 5.92 Å². The fraction of sp³-hybridized carbons (Fsp3) is 0.529. The van der Waals surface area contributed by atoms with Crippen molar-refractivity contribution in [3.8, 4) is 0 Å². The first-order chi connectivity index (χ1) is 10.5. The molecule has 0 saturated heterocycles. The van der Waals surface area contributed by atoms with Crippen LogP contribution in [0.15, 0.2) is 18.2 Å². The summed E-state index contributed by atoms with van der Waals surface area (Å²) in [6.45, 7) is 4.21. The summed E-state index contributed by atoms with van der Waals surface area (Å²) in [6.07, 6.45) is 3.37. The van der Waals surface area contributed by atoms with E-state index in [2.05, 4.69) is 10.6 Å². The van der Waals surface area contributed by atoms with Crippen molar-refractivity contribution >= 4 is 17.5 Å². The normalized spacial score (nSPS) is 21.2. The van der Waals surface area contributed by atoms with Crippen molar-refractivity contribution in [2.45, 2.75) is 45.6 Å². The highest BCUT2D eigenvalue weighted by atomic mass is 16.3. The Balaban J connectivity index is 1.87. The van der Waals surface area contributed by atoms with Gasteiger partial charge in [-0.25, -0.2) is 0 Å². The number of amides is 2. The lowest BCUT2D eigenvalue weighted by atomic mass is 9.86. The SMILES string of the molecule is Cc1cccc(NC(=O)C(=O)NC[C@@H]2CCCC[C@H]2O)c1C. The van der Waals surface area contributed by atoms with Crippen LogP contribution in [0.1, 0.15) is 36.8 Å². The zero-order valence-electron chi connectivity index (χ0n) is 13.2. The quantitative estimate of drug-likeness (QED) is 0.746. The van der Waals surface area contributed by atoms with Gasteiger partial charge in [0, 0.05) is 18.2 Å². The van der Waals surface area contributed by atoms with Crippen LogP contribution in [-0.2, 0) is 9.59 Å². The molecule has 120 valence electrons. The smallest absolute Gasteiger partial charge is 0.313 e. The number of aryl methyl sites for hydroxylation is 1. The number of hydrogen-bond donors (Lipinski definition) is 3. The Bertz CT molecular complexity index is 557. The molecule has 5 heteroatoms. The lowest BCUT2D eigenvalue weighted by molar-refractivity contribution is -0.136. The van der Waals surface area contributed by atoms with E-state index in [1.165, 1.54) is 0 Å². The molecular weight excluding hydrogens is 280 g/mol. The van der Waals surface area contributed by atoms with Crippen molar-refractivity contribution in [1.82, 2.24) is 5.32 Å². The molecule has 2 atom stereocenters. The fourth-order valence-electron chi connectivity index (χ4n) is 2.80. The lowest BCUT2D eigenvalue weighted by Gasteiger charge is -2.27. The summed E-state index contributed by atoms with van der Waals surface area (Å²) in [5, 5.41) is 15.1. The number of nitrogens with one attached hydrogen (secondary N) is 2. The second kappa shape index (κ2) is 7.40. The van der Waals surface area contributed by atoms with Crippen LogP contribution in [0, 0.1) is 19.8 Å². The Kier molecular flexibility index (Phi) is 5.55. The van der Waals surface area contributed by atoms with Crippen LogP contribution in [0.3, 0.4) is 0 Å². The molecule has 0 spiro atoms. The zero-order valence-corrected chi connectivity index (χ0v) is 13.2. The minimum Gasteiger partial charge on any atom is -0.393 e. The van der Waals surface area contributed by atoms with E-state index in [-0.39, 0.29) is 12.0 Å². The summed E-state index contributed by atoms with van der Waals surface area (Å²) in [6, 6.07) is 5.57. The highest BCUT2D eigenvalue weighted by Crippen LogP contribution is 2.23. The molecule has 3 N–H and O–H groups in total. The van der Waals surface area contributed by atoms with E-state index in [4.69, 9.17) is 0 Å². The molecule has 1 saturated carbocycles. The number of carbonyl (C=O) groups excluding carboxylic acids is 2. The van der Waals surface area contributed by atoms with E-state index in [9.17, 15) is 14.7 Å². The van der Waals surface area contributed by atoms with Gasteiger partial charge in [0.2, 0.25) is 0 Å². The molecule has 1 fully saturated rings. The van der Waals surface area contributed by atoms with Gasteiger partial charge in [0.25, 0.3) is 0 Å². The van der Waals surface area contributed by atoms with Crippen LogP contribution in [0.5, 0.6) is 0 Å². The molecule has 22 heavy (non-hydrogen) atoms. The van der Waals surface area contributed by atoms with Crippen molar-refractivity contribution in [2.75, 3.05) is 11.9 Å². The van der Waals surface area contributed by atoms with Crippen molar-refractivity contribution in [1.29, 1.82) is 0 Å². The first-order valence-electron chi connectivity index (χ1n) is 7.82. The van der Waals surface area contributed by atoms with Crippen LogP contribution >= 0.6 is 0 Å². The van der Waals surface area contributed by atoms with E-state index in [1.54, 1.807) is 6.07 Å². The molecule has 0 bridgehead atoms. The zero-order chi connectivity index (χ0) is 16.1. The third kappa shape index (κ3) is 4.07. The maximum Gasteiger partial charge on any atom is 0.313 e. The summed E-state index contributed by atoms with van der Waals surface area (Å²) in [4.78, 5) is 23.8. The Morgan fingerprint density at radius 3 is 2.64 bits per heavy atom. The average Bonchev–Trinajstić information content (AvgIpc) is 2.50. The number of aliphatic hydroxyl groups excluding tert-OH is 1. The van der Waals surface area contributed by atoms with Gasteiger partial charge in [-0.15, -0.1) is 0 Å². The van der Waals surface area contributed by atoms with Gasteiger partial charge in [0.1, 0.15) is 0 Å². The maximum atomic E-state index is 11.9. The number of rotatable bonds is 3. The molecule has 0 radical (unpaired) electrons. The second-order valence-electron chi connectivity index (χ2n) is 6.02. The number of aliphatic hydroxyl groups is 1. The summed E-state index contributed by atoms with van der Waals surface area (Å²) >= 11 is 0. The molecule has 0 unspecified atom stereocenters. The predicted octanol–water partition coefficient (Wildman–Crippen LogP) is 1.91. The monoisotopic (exact) mass is 304 g/mol. The third-order valence-corrected chi connectivity index (χ3v) is 4.45. The average molecular weight is 304 g/mol. The van der Waals surface area contributed by atoms with Crippen LogP contribution in [-0.4, -0.2) is 29.6 Å². The van der Waals surface area contributed by atoms with Crippen molar-refractivity contribution in [3.05, 3.63) is 29.3 Å². The molecule has 1 aliphatic rings. The number of benzene rings is 1. The molecule has 1 aromatic rings. The molecule has 0 aromatic heterocycles. The van der Waals surface area contributed by atoms with Gasteiger partial charge in [0.15, 0.2) is 0 Å². The lowest BCUT2D eigenvalue weighted by Crippen LogP contribution is -2.41. The Morgan fingerprint density at radius 1 is 1.18 bits per heavy atom.